The van der Waals surface area contributed by atoms with Gasteiger partial charge < -0.3 is 10.1 Å². The number of rotatable bonds is 7. The summed E-state index contributed by atoms with van der Waals surface area (Å²) >= 11 is 0. The average Bonchev–Trinajstić information content (AvgIpc) is 2.92. The molecule has 1 aliphatic rings. The molecule has 7 heteroatoms. The largest absolute Gasteiger partial charge is 0.465 e. The van der Waals surface area contributed by atoms with Gasteiger partial charge in [0, 0.05) is 17.9 Å². The fourth-order valence-corrected chi connectivity index (χ4v) is 4.59. The Morgan fingerprint density at radius 3 is 2.39 bits per heavy atom. The molecule has 186 valence electrons. The molecule has 0 unspecified atom stereocenters. The summed E-state index contributed by atoms with van der Waals surface area (Å²) in [7, 11) is 1.30. The van der Waals surface area contributed by atoms with E-state index < -0.39 is 17.9 Å². The van der Waals surface area contributed by atoms with E-state index in [1.165, 1.54) is 18.4 Å². The molecule has 1 N–H and O–H groups in total. The van der Waals surface area contributed by atoms with Crippen molar-refractivity contribution in [1.29, 1.82) is 0 Å². The third-order valence-electron chi connectivity index (χ3n) is 6.50. The van der Waals surface area contributed by atoms with Crippen LogP contribution in [0.2, 0.25) is 0 Å². The standard InChI is InChI=1S/C29H31N3O4/c1-20-14-16-21(17-15-20)26(27(33)31-23-10-4-3-5-11-23)32(28(34)25-13-6-7-18-30-25)24-12-8-9-22(19-24)29(35)36-2/h6-9,12-19,23,26H,3-5,10-11H2,1-2H3,(H,31,33)/t26-/m0/s1. The van der Waals surface area contributed by atoms with E-state index in [1.54, 1.807) is 48.7 Å². The van der Waals surface area contributed by atoms with E-state index in [4.69, 9.17) is 4.74 Å². The minimum Gasteiger partial charge on any atom is -0.465 e. The van der Waals surface area contributed by atoms with Crippen LogP contribution in [0.25, 0.3) is 0 Å². The lowest BCUT2D eigenvalue weighted by Crippen LogP contribution is -2.47. The number of benzene rings is 2. The third-order valence-corrected chi connectivity index (χ3v) is 6.50. The molecule has 1 heterocycles. The van der Waals surface area contributed by atoms with Crippen LogP contribution in [0, 0.1) is 6.92 Å². The summed E-state index contributed by atoms with van der Waals surface area (Å²) in [5, 5.41) is 3.19. The van der Waals surface area contributed by atoms with Crippen LogP contribution in [0.4, 0.5) is 5.69 Å². The molecule has 1 atom stereocenters. The van der Waals surface area contributed by atoms with Gasteiger partial charge in [-0.3, -0.25) is 19.5 Å². The summed E-state index contributed by atoms with van der Waals surface area (Å²) in [6.07, 6.45) is 6.67. The number of carbonyl (C=O) groups excluding carboxylic acids is 3. The van der Waals surface area contributed by atoms with Gasteiger partial charge >= 0.3 is 5.97 Å². The highest BCUT2D eigenvalue weighted by atomic mass is 16.5. The molecule has 1 aliphatic carbocycles. The van der Waals surface area contributed by atoms with Gasteiger partial charge in [0.05, 0.1) is 12.7 Å². The number of hydrogen-bond donors (Lipinski definition) is 1. The first-order chi connectivity index (χ1) is 17.5. The highest BCUT2D eigenvalue weighted by molar-refractivity contribution is 6.09. The average molecular weight is 486 g/mol. The summed E-state index contributed by atoms with van der Waals surface area (Å²) < 4.78 is 4.89. The van der Waals surface area contributed by atoms with Gasteiger partial charge in [-0.25, -0.2) is 4.79 Å². The minimum absolute atomic E-state index is 0.0624. The zero-order chi connectivity index (χ0) is 25.5. The Morgan fingerprint density at radius 1 is 0.972 bits per heavy atom. The number of hydrogen-bond acceptors (Lipinski definition) is 5. The van der Waals surface area contributed by atoms with Gasteiger partial charge in [-0.15, -0.1) is 0 Å². The number of amides is 2. The molecule has 0 aliphatic heterocycles. The van der Waals surface area contributed by atoms with E-state index in [2.05, 4.69) is 10.3 Å². The van der Waals surface area contributed by atoms with Crippen molar-refractivity contribution >= 4 is 23.5 Å². The van der Waals surface area contributed by atoms with Crippen molar-refractivity contribution in [3.63, 3.8) is 0 Å². The summed E-state index contributed by atoms with van der Waals surface area (Å²) in [4.78, 5) is 45.8. The Labute approximate surface area is 211 Å². The van der Waals surface area contributed by atoms with Crippen LogP contribution in [0.3, 0.4) is 0 Å². The number of aryl methyl sites for hydroxylation is 1. The molecular weight excluding hydrogens is 454 g/mol. The molecule has 1 aromatic heterocycles. The third kappa shape index (κ3) is 5.79. The van der Waals surface area contributed by atoms with Crippen molar-refractivity contribution in [2.24, 2.45) is 0 Å². The number of pyridine rings is 1. The van der Waals surface area contributed by atoms with Crippen LogP contribution < -0.4 is 10.2 Å². The van der Waals surface area contributed by atoms with Crippen LogP contribution in [-0.2, 0) is 9.53 Å². The molecule has 2 aromatic carbocycles. The lowest BCUT2D eigenvalue weighted by Gasteiger charge is -2.33. The summed E-state index contributed by atoms with van der Waals surface area (Å²) in [6.45, 7) is 1.97. The first kappa shape index (κ1) is 25.1. The molecule has 3 aromatic rings. The lowest BCUT2D eigenvalue weighted by molar-refractivity contribution is -0.123. The number of nitrogens with zero attached hydrogens (tertiary/aromatic N) is 2. The number of methoxy groups -OCH3 is 1. The fraction of sp³-hybridized carbons (Fsp3) is 0.310. The Balaban J connectivity index is 1.83. The molecule has 7 nitrogen and oxygen atoms in total. The summed E-state index contributed by atoms with van der Waals surface area (Å²) in [5.41, 5.74) is 2.59. The van der Waals surface area contributed by atoms with Gasteiger partial charge in [0.1, 0.15) is 11.7 Å². The van der Waals surface area contributed by atoms with Crippen molar-refractivity contribution in [2.45, 2.75) is 51.1 Å². The predicted molar refractivity (Wildman–Crippen MR) is 138 cm³/mol. The molecule has 1 saturated carbocycles. The van der Waals surface area contributed by atoms with Gasteiger partial charge in [-0.05, 0) is 55.7 Å². The normalized spacial score (nSPS) is 14.5. The monoisotopic (exact) mass is 485 g/mol. The summed E-state index contributed by atoms with van der Waals surface area (Å²) in [5.74, 6) is -1.24. The van der Waals surface area contributed by atoms with Gasteiger partial charge in [0.2, 0.25) is 5.91 Å². The van der Waals surface area contributed by atoms with Crippen molar-refractivity contribution in [3.05, 3.63) is 95.3 Å². The number of esters is 1. The fourth-order valence-electron chi connectivity index (χ4n) is 4.59. The van der Waals surface area contributed by atoms with Crippen LogP contribution in [-0.4, -0.2) is 35.9 Å². The quantitative estimate of drug-likeness (QED) is 0.475. The molecule has 0 radical (unpaired) electrons. The molecular formula is C29H31N3O4. The number of ether oxygens (including phenoxy) is 1. The zero-order valence-electron chi connectivity index (χ0n) is 20.6. The Kier molecular flexibility index (Phi) is 8.10. The second kappa shape index (κ2) is 11.6. The second-order valence-corrected chi connectivity index (χ2v) is 9.09. The highest BCUT2D eigenvalue weighted by Crippen LogP contribution is 2.31. The van der Waals surface area contributed by atoms with Gasteiger partial charge in [0.25, 0.3) is 5.91 Å². The topological polar surface area (TPSA) is 88.6 Å². The molecule has 0 saturated heterocycles. The SMILES string of the molecule is COC(=O)c1cccc(N(C(=O)c2ccccn2)[C@H](C(=O)NC2CCCCC2)c2ccc(C)cc2)c1. The van der Waals surface area contributed by atoms with Crippen molar-refractivity contribution in [1.82, 2.24) is 10.3 Å². The maximum Gasteiger partial charge on any atom is 0.337 e. The number of nitrogens with one attached hydrogen (secondary N) is 1. The molecule has 1 fully saturated rings. The zero-order valence-corrected chi connectivity index (χ0v) is 20.6. The van der Waals surface area contributed by atoms with E-state index in [0.29, 0.717) is 11.3 Å². The smallest absolute Gasteiger partial charge is 0.337 e. The van der Waals surface area contributed by atoms with Gasteiger partial charge in [0.15, 0.2) is 0 Å². The number of aromatic nitrogens is 1. The highest BCUT2D eigenvalue weighted by Gasteiger charge is 2.35. The second-order valence-electron chi connectivity index (χ2n) is 9.09. The van der Waals surface area contributed by atoms with Crippen LogP contribution in [0.15, 0.2) is 72.9 Å². The molecule has 0 bridgehead atoms. The lowest BCUT2D eigenvalue weighted by atomic mass is 9.94. The van der Waals surface area contributed by atoms with Gasteiger partial charge in [-0.2, -0.15) is 0 Å². The van der Waals surface area contributed by atoms with E-state index in [1.807, 2.05) is 31.2 Å². The van der Waals surface area contributed by atoms with Crippen LogP contribution in [0.5, 0.6) is 0 Å². The van der Waals surface area contributed by atoms with Crippen molar-refractivity contribution in [2.75, 3.05) is 12.0 Å². The Morgan fingerprint density at radius 2 is 1.72 bits per heavy atom. The maximum atomic E-state index is 13.9. The molecule has 4 rings (SSSR count). The predicted octanol–water partition coefficient (Wildman–Crippen LogP) is 5.01. The van der Waals surface area contributed by atoms with E-state index in [9.17, 15) is 14.4 Å². The van der Waals surface area contributed by atoms with Gasteiger partial charge in [-0.1, -0.05) is 61.2 Å². The maximum absolute atomic E-state index is 13.9. The Bertz CT molecular complexity index is 1200. The van der Waals surface area contributed by atoms with Crippen molar-refractivity contribution in [3.8, 4) is 0 Å². The first-order valence-electron chi connectivity index (χ1n) is 12.3. The Hall–Kier alpha value is -4.00. The molecule has 2 amide bonds. The molecule has 36 heavy (non-hydrogen) atoms. The first-order valence-corrected chi connectivity index (χ1v) is 12.3. The number of carbonyl (C=O) groups is 3. The van der Waals surface area contributed by atoms with E-state index in [0.717, 1.165) is 31.2 Å². The minimum atomic E-state index is -0.963. The van der Waals surface area contributed by atoms with E-state index in [-0.39, 0.29) is 23.2 Å². The van der Waals surface area contributed by atoms with E-state index >= 15 is 0 Å². The van der Waals surface area contributed by atoms with Crippen molar-refractivity contribution < 1.29 is 19.1 Å². The number of anilines is 1. The molecule has 0 spiro atoms. The van der Waals surface area contributed by atoms with Crippen LogP contribution >= 0.6 is 0 Å². The summed E-state index contributed by atoms with van der Waals surface area (Å²) in [6, 6.07) is 18.3. The van der Waals surface area contributed by atoms with Crippen LogP contribution in [0.1, 0.15) is 70.1 Å².